The molecule has 0 saturated heterocycles. The smallest absolute Gasteiger partial charge is 0.321 e. The number of rotatable bonds is 9. The molecule has 0 bridgehead atoms. The van der Waals surface area contributed by atoms with E-state index in [0.717, 1.165) is 5.52 Å². The van der Waals surface area contributed by atoms with E-state index in [1.807, 2.05) is 35.8 Å². The second-order valence-electron chi connectivity index (χ2n) is 7.94. The van der Waals surface area contributed by atoms with Crippen LogP contribution in [0.15, 0.2) is 42.5 Å². The van der Waals surface area contributed by atoms with Crippen LogP contribution in [-0.4, -0.2) is 60.0 Å². The third kappa shape index (κ3) is 4.19. The summed E-state index contributed by atoms with van der Waals surface area (Å²) in [5.41, 5.74) is 2.13. The van der Waals surface area contributed by atoms with E-state index in [9.17, 15) is 14.7 Å². The second-order valence-corrected chi connectivity index (χ2v) is 7.94. The third-order valence-electron chi connectivity index (χ3n) is 5.84. The fourth-order valence-corrected chi connectivity index (χ4v) is 4.41. The van der Waals surface area contributed by atoms with Crippen LogP contribution in [-0.2, 0) is 19.1 Å². The van der Waals surface area contributed by atoms with Gasteiger partial charge in [0.25, 0.3) is 0 Å². The van der Waals surface area contributed by atoms with Crippen molar-refractivity contribution in [2.75, 3.05) is 38.4 Å². The molecule has 3 aromatic rings. The van der Waals surface area contributed by atoms with Gasteiger partial charge in [0, 0.05) is 20.3 Å². The number of hydrogen-bond donors (Lipinski definition) is 1. The molecule has 1 N–H and O–H groups in total. The maximum atomic E-state index is 13.8. The van der Waals surface area contributed by atoms with Crippen LogP contribution in [0.2, 0.25) is 0 Å². The zero-order valence-corrected chi connectivity index (χ0v) is 19.6. The van der Waals surface area contributed by atoms with Gasteiger partial charge in [-0.1, -0.05) is 18.2 Å². The van der Waals surface area contributed by atoms with Crippen molar-refractivity contribution in [2.45, 2.75) is 26.3 Å². The van der Waals surface area contributed by atoms with E-state index in [-0.39, 0.29) is 24.0 Å². The number of benzene rings is 2. The molecular formula is C25H29N3O6. The number of aromatic hydroxyl groups is 1. The Morgan fingerprint density at radius 3 is 2.68 bits per heavy atom. The van der Waals surface area contributed by atoms with Gasteiger partial charge < -0.3 is 23.9 Å². The number of methoxy groups -OCH3 is 1. The number of amides is 1. The van der Waals surface area contributed by atoms with Crippen LogP contribution in [0.25, 0.3) is 11.0 Å². The van der Waals surface area contributed by atoms with Crippen LogP contribution in [0.1, 0.15) is 31.9 Å². The predicted molar refractivity (Wildman–Crippen MR) is 126 cm³/mol. The summed E-state index contributed by atoms with van der Waals surface area (Å²) in [4.78, 5) is 33.3. The number of carbonyl (C=O) groups excluding carboxylic acids is 2. The highest BCUT2D eigenvalue weighted by molar-refractivity contribution is 6.08. The first kappa shape index (κ1) is 23.6. The van der Waals surface area contributed by atoms with Crippen LogP contribution in [0, 0.1) is 5.92 Å². The average molecular weight is 468 g/mol. The number of nitrogens with zero attached hydrogens (tertiary/aromatic N) is 3. The lowest BCUT2D eigenvalue weighted by atomic mass is 9.89. The van der Waals surface area contributed by atoms with Crippen molar-refractivity contribution in [1.29, 1.82) is 0 Å². The van der Waals surface area contributed by atoms with Crippen LogP contribution in [0.4, 0.5) is 5.95 Å². The molecule has 0 aliphatic carbocycles. The number of aromatic nitrogens is 2. The molecule has 1 amide bonds. The molecule has 2 atom stereocenters. The average Bonchev–Trinajstić information content (AvgIpc) is 3.21. The minimum Gasteiger partial charge on any atom is -0.504 e. The number of carbonyl (C=O) groups is 2. The normalized spacial score (nSPS) is 17.6. The van der Waals surface area contributed by atoms with E-state index in [0.29, 0.717) is 43.2 Å². The minimum atomic E-state index is -1.13. The molecule has 34 heavy (non-hydrogen) atoms. The van der Waals surface area contributed by atoms with E-state index in [1.165, 1.54) is 6.07 Å². The van der Waals surface area contributed by atoms with Crippen molar-refractivity contribution in [2.24, 2.45) is 5.92 Å². The molecule has 0 radical (unpaired) electrons. The molecule has 0 fully saturated rings. The van der Waals surface area contributed by atoms with Gasteiger partial charge in [-0.2, -0.15) is 0 Å². The fourth-order valence-electron chi connectivity index (χ4n) is 4.41. The number of phenols is 1. The first-order valence-corrected chi connectivity index (χ1v) is 11.4. The third-order valence-corrected chi connectivity index (χ3v) is 5.84. The van der Waals surface area contributed by atoms with Crippen molar-refractivity contribution in [1.82, 2.24) is 9.55 Å². The van der Waals surface area contributed by atoms with Gasteiger partial charge in [-0.05, 0) is 50.1 Å². The molecule has 180 valence electrons. The monoisotopic (exact) mass is 467 g/mol. The molecule has 4 rings (SSSR count). The zero-order valence-electron chi connectivity index (χ0n) is 19.6. The molecule has 1 aromatic heterocycles. The number of hydrogen-bond acceptors (Lipinski definition) is 7. The Morgan fingerprint density at radius 1 is 1.15 bits per heavy atom. The molecule has 0 unspecified atom stereocenters. The number of para-hydroxylation sites is 2. The van der Waals surface area contributed by atoms with Crippen LogP contribution in [0.3, 0.4) is 0 Å². The first-order valence-electron chi connectivity index (χ1n) is 11.4. The molecule has 1 aliphatic heterocycles. The van der Waals surface area contributed by atoms with E-state index in [4.69, 9.17) is 19.2 Å². The maximum Gasteiger partial charge on any atom is 0.321 e. The number of ether oxygens (including phenoxy) is 3. The van der Waals surface area contributed by atoms with Gasteiger partial charge in [-0.15, -0.1) is 0 Å². The Kier molecular flexibility index (Phi) is 7.02. The maximum absolute atomic E-state index is 13.8. The van der Waals surface area contributed by atoms with Gasteiger partial charge >= 0.3 is 5.97 Å². The summed E-state index contributed by atoms with van der Waals surface area (Å²) in [6, 6.07) is 11.7. The Hall–Kier alpha value is -3.59. The summed E-state index contributed by atoms with van der Waals surface area (Å²) < 4.78 is 18.0. The molecule has 9 nitrogen and oxygen atoms in total. The number of fused-ring (bicyclic) bond motifs is 3. The Morgan fingerprint density at radius 2 is 1.94 bits per heavy atom. The van der Waals surface area contributed by atoms with Crippen molar-refractivity contribution < 1.29 is 28.9 Å². The van der Waals surface area contributed by atoms with Crippen molar-refractivity contribution in [3.63, 3.8) is 0 Å². The van der Waals surface area contributed by atoms with Crippen LogP contribution >= 0.6 is 0 Å². The Balaban J connectivity index is 1.94. The van der Waals surface area contributed by atoms with Crippen molar-refractivity contribution >= 4 is 28.9 Å². The van der Waals surface area contributed by atoms with Gasteiger partial charge in [0.1, 0.15) is 0 Å². The van der Waals surface area contributed by atoms with Gasteiger partial charge in [0.2, 0.25) is 11.9 Å². The standard InChI is InChI=1S/C25H29N3O6/c1-4-33-20-15-16(11-12-19(20)29)22-21(24(31)34-5-2)23(30)27(13-8-14-32-3)25-26-17-9-6-7-10-18(17)28(22)25/h6-7,9-12,15,21-22,29H,4-5,8,13-14H2,1-3H3/t21-,22+/m0/s1. The van der Waals surface area contributed by atoms with Crippen molar-refractivity contribution in [3.8, 4) is 11.5 Å². The lowest BCUT2D eigenvalue weighted by molar-refractivity contribution is -0.153. The number of phenolic OH excluding ortho intramolecular Hbond substituents is 1. The molecule has 2 heterocycles. The SMILES string of the molecule is CCOC(=O)[C@@H]1C(=O)N(CCCOC)c2nc3ccccc3n2[C@@H]1c1ccc(O)c(OCC)c1. The van der Waals surface area contributed by atoms with Crippen molar-refractivity contribution in [3.05, 3.63) is 48.0 Å². The second kappa shape index (κ2) is 10.1. The highest BCUT2D eigenvalue weighted by Gasteiger charge is 2.47. The molecule has 2 aromatic carbocycles. The topological polar surface area (TPSA) is 103 Å². The summed E-state index contributed by atoms with van der Waals surface area (Å²) >= 11 is 0. The number of anilines is 1. The summed E-state index contributed by atoms with van der Waals surface area (Å²) in [6.07, 6.45) is 0.583. The fraction of sp³-hybridized carbons (Fsp3) is 0.400. The zero-order chi connectivity index (χ0) is 24.2. The summed E-state index contributed by atoms with van der Waals surface area (Å²) in [6.45, 7) is 4.84. The van der Waals surface area contributed by atoms with Gasteiger partial charge in [-0.3, -0.25) is 14.5 Å². The predicted octanol–water partition coefficient (Wildman–Crippen LogP) is 3.29. The minimum absolute atomic E-state index is 0.0164. The Bertz CT molecular complexity index is 1190. The largest absolute Gasteiger partial charge is 0.504 e. The van der Waals surface area contributed by atoms with Crippen LogP contribution in [0.5, 0.6) is 11.5 Å². The molecule has 1 aliphatic rings. The Labute approximate surface area is 197 Å². The molecular weight excluding hydrogens is 438 g/mol. The number of esters is 1. The molecule has 0 saturated carbocycles. The summed E-state index contributed by atoms with van der Waals surface area (Å²) in [5.74, 6) is -1.40. The van der Waals surface area contributed by atoms with E-state index in [1.54, 1.807) is 31.1 Å². The van der Waals surface area contributed by atoms with Crippen LogP contribution < -0.4 is 9.64 Å². The van der Waals surface area contributed by atoms with E-state index < -0.39 is 17.9 Å². The summed E-state index contributed by atoms with van der Waals surface area (Å²) in [7, 11) is 1.60. The highest BCUT2D eigenvalue weighted by atomic mass is 16.5. The molecule has 0 spiro atoms. The quantitative estimate of drug-likeness (QED) is 0.293. The lowest BCUT2D eigenvalue weighted by Gasteiger charge is -2.38. The van der Waals surface area contributed by atoms with Gasteiger partial charge in [0.05, 0.1) is 30.3 Å². The molecule has 9 heteroatoms. The van der Waals surface area contributed by atoms with E-state index in [2.05, 4.69) is 0 Å². The van der Waals surface area contributed by atoms with Gasteiger partial charge in [-0.25, -0.2) is 4.98 Å². The first-order chi connectivity index (χ1) is 16.5. The lowest BCUT2D eigenvalue weighted by Crippen LogP contribution is -2.50. The van der Waals surface area contributed by atoms with E-state index >= 15 is 0 Å². The number of imidazole rings is 1. The van der Waals surface area contributed by atoms with Gasteiger partial charge in [0.15, 0.2) is 17.4 Å². The highest BCUT2D eigenvalue weighted by Crippen LogP contribution is 2.43. The summed E-state index contributed by atoms with van der Waals surface area (Å²) in [5, 5.41) is 10.2.